The Morgan fingerprint density at radius 2 is 1.69 bits per heavy atom. The summed E-state index contributed by atoms with van der Waals surface area (Å²) in [7, 11) is 0. The Labute approximate surface area is 76.0 Å². The van der Waals surface area contributed by atoms with Gasteiger partial charge in [-0.2, -0.15) is 0 Å². The minimum Gasteiger partial charge on any atom is -0.449 e. The quantitative estimate of drug-likeness (QED) is 0.651. The second-order valence-corrected chi connectivity index (χ2v) is 2.79. The Morgan fingerprint density at radius 3 is 2.31 bits per heavy atom. The molecule has 0 radical (unpaired) electrons. The molecule has 0 bridgehead atoms. The highest BCUT2D eigenvalue weighted by Gasteiger charge is 2.07. The van der Waals surface area contributed by atoms with Crippen molar-refractivity contribution in [3.05, 3.63) is 36.6 Å². The first-order valence-corrected chi connectivity index (χ1v) is 3.97. The summed E-state index contributed by atoms with van der Waals surface area (Å²) in [5.41, 5.74) is 13.9. The maximum Gasteiger partial charge on any atom is 0.198 e. The number of hydrogen-bond acceptors (Lipinski definition) is 3. The SMILES string of the molecule is Nc1ccccc1-c1ccoc1N. The van der Waals surface area contributed by atoms with Crippen LogP contribution < -0.4 is 11.5 Å². The Kier molecular flexibility index (Phi) is 1.70. The first-order valence-electron chi connectivity index (χ1n) is 3.97. The highest BCUT2D eigenvalue weighted by molar-refractivity contribution is 5.81. The average Bonchev–Trinajstić information content (AvgIpc) is 2.52. The van der Waals surface area contributed by atoms with Crippen LogP contribution in [0.15, 0.2) is 41.0 Å². The lowest BCUT2D eigenvalue weighted by Crippen LogP contribution is -1.90. The Bertz CT molecular complexity index is 420. The molecule has 0 atom stereocenters. The van der Waals surface area contributed by atoms with Crippen molar-refractivity contribution >= 4 is 11.6 Å². The fraction of sp³-hybridized carbons (Fsp3) is 0. The molecule has 0 aliphatic rings. The van der Waals surface area contributed by atoms with Gasteiger partial charge in [0, 0.05) is 16.8 Å². The van der Waals surface area contributed by atoms with E-state index in [0.29, 0.717) is 11.6 Å². The molecule has 3 nitrogen and oxygen atoms in total. The zero-order valence-corrected chi connectivity index (χ0v) is 7.03. The van der Waals surface area contributed by atoms with Gasteiger partial charge in [-0.15, -0.1) is 0 Å². The van der Waals surface area contributed by atoms with E-state index < -0.39 is 0 Å². The summed E-state index contributed by atoms with van der Waals surface area (Å²) in [5, 5.41) is 0. The van der Waals surface area contributed by atoms with Gasteiger partial charge in [0.2, 0.25) is 0 Å². The van der Waals surface area contributed by atoms with Gasteiger partial charge in [-0.05, 0) is 12.1 Å². The number of nitrogen functional groups attached to an aromatic ring is 2. The minimum atomic E-state index is 0.401. The molecule has 0 amide bonds. The van der Waals surface area contributed by atoms with Crippen molar-refractivity contribution in [1.82, 2.24) is 0 Å². The molecule has 2 rings (SSSR count). The molecule has 13 heavy (non-hydrogen) atoms. The van der Waals surface area contributed by atoms with Crippen molar-refractivity contribution in [2.75, 3.05) is 11.5 Å². The van der Waals surface area contributed by atoms with E-state index in [-0.39, 0.29) is 0 Å². The second kappa shape index (κ2) is 2.86. The van der Waals surface area contributed by atoms with Crippen LogP contribution in [0.4, 0.5) is 11.6 Å². The molecular formula is C10H10N2O. The zero-order valence-electron chi connectivity index (χ0n) is 7.03. The van der Waals surface area contributed by atoms with Gasteiger partial charge in [-0.1, -0.05) is 18.2 Å². The third kappa shape index (κ3) is 1.24. The maximum atomic E-state index is 5.78. The molecule has 1 aromatic heterocycles. The fourth-order valence-corrected chi connectivity index (χ4v) is 1.29. The Hall–Kier alpha value is -1.90. The number of anilines is 2. The molecule has 3 heteroatoms. The van der Waals surface area contributed by atoms with Gasteiger partial charge in [0.15, 0.2) is 5.88 Å². The normalized spacial score (nSPS) is 10.2. The van der Waals surface area contributed by atoms with E-state index in [9.17, 15) is 0 Å². The maximum absolute atomic E-state index is 5.78. The molecule has 0 spiro atoms. The van der Waals surface area contributed by atoms with Crippen molar-refractivity contribution in [1.29, 1.82) is 0 Å². The van der Waals surface area contributed by atoms with Gasteiger partial charge in [0.05, 0.1) is 6.26 Å². The van der Waals surface area contributed by atoms with Crippen molar-refractivity contribution in [2.45, 2.75) is 0 Å². The summed E-state index contributed by atoms with van der Waals surface area (Å²) in [6.07, 6.45) is 1.55. The van der Waals surface area contributed by atoms with E-state index in [2.05, 4.69) is 0 Å². The fourth-order valence-electron chi connectivity index (χ4n) is 1.29. The monoisotopic (exact) mass is 174 g/mol. The molecule has 0 aliphatic carbocycles. The van der Waals surface area contributed by atoms with E-state index in [1.165, 1.54) is 0 Å². The molecule has 0 saturated heterocycles. The van der Waals surface area contributed by atoms with Gasteiger partial charge in [-0.3, -0.25) is 0 Å². The van der Waals surface area contributed by atoms with Crippen LogP contribution in [0.25, 0.3) is 11.1 Å². The molecule has 1 aromatic carbocycles. The average molecular weight is 174 g/mol. The third-order valence-corrected chi connectivity index (χ3v) is 1.95. The number of furan rings is 1. The molecule has 0 aliphatic heterocycles. The van der Waals surface area contributed by atoms with Gasteiger partial charge in [-0.25, -0.2) is 0 Å². The first kappa shape index (κ1) is 7.73. The number of hydrogen-bond donors (Lipinski definition) is 2. The van der Waals surface area contributed by atoms with Crippen LogP contribution in [0.3, 0.4) is 0 Å². The smallest absolute Gasteiger partial charge is 0.198 e. The number of para-hydroxylation sites is 1. The zero-order chi connectivity index (χ0) is 9.26. The predicted octanol–water partition coefficient (Wildman–Crippen LogP) is 2.11. The van der Waals surface area contributed by atoms with Crippen LogP contribution in [0, 0.1) is 0 Å². The van der Waals surface area contributed by atoms with Crippen molar-refractivity contribution in [2.24, 2.45) is 0 Å². The molecule has 4 N–H and O–H groups in total. The Balaban J connectivity index is 2.59. The van der Waals surface area contributed by atoms with Crippen molar-refractivity contribution in [3.63, 3.8) is 0 Å². The van der Waals surface area contributed by atoms with Crippen molar-refractivity contribution in [3.8, 4) is 11.1 Å². The molecule has 0 saturated carbocycles. The van der Waals surface area contributed by atoms with Gasteiger partial charge in [0.1, 0.15) is 0 Å². The standard InChI is InChI=1S/C10H10N2O/c11-9-4-2-1-3-7(9)8-5-6-13-10(8)12/h1-6H,11-12H2. The lowest BCUT2D eigenvalue weighted by Gasteiger charge is -2.02. The summed E-state index contributed by atoms with van der Waals surface area (Å²) in [4.78, 5) is 0. The number of benzene rings is 1. The second-order valence-electron chi connectivity index (χ2n) is 2.79. The predicted molar refractivity (Wildman–Crippen MR) is 53.0 cm³/mol. The largest absolute Gasteiger partial charge is 0.449 e. The summed E-state index contributed by atoms with van der Waals surface area (Å²) < 4.78 is 5.00. The topological polar surface area (TPSA) is 65.2 Å². The summed E-state index contributed by atoms with van der Waals surface area (Å²) >= 11 is 0. The van der Waals surface area contributed by atoms with E-state index in [0.717, 1.165) is 11.1 Å². The highest BCUT2D eigenvalue weighted by atomic mass is 16.3. The molecule has 0 fully saturated rings. The van der Waals surface area contributed by atoms with E-state index in [4.69, 9.17) is 15.9 Å². The molecule has 0 unspecified atom stereocenters. The van der Waals surface area contributed by atoms with Gasteiger partial charge >= 0.3 is 0 Å². The molecule has 1 heterocycles. The number of rotatable bonds is 1. The molecule has 66 valence electrons. The van der Waals surface area contributed by atoms with E-state index in [1.807, 2.05) is 24.3 Å². The van der Waals surface area contributed by atoms with Gasteiger partial charge in [0.25, 0.3) is 0 Å². The van der Waals surface area contributed by atoms with Crippen LogP contribution in [-0.2, 0) is 0 Å². The van der Waals surface area contributed by atoms with Crippen LogP contribution in [0.2, 0.25) is 0 Å². The summed E-state index contributed by atoms with van der Waals surface area (Å²) in [6.45, 7) is 0. The van der Waals surface area contributed by atoms with E-state index >= 15 is 0 Å². The van der Waals surface area contributed by atoms with Crippen molar-refractivity contribution < 1.29 is 4.42 Å². The summed E-state index contributed by atoms with van der Waals surface area (Å²) in [6, 6.07) is 9.35. The molecular weight excluding hydrogens is 164 g/mol. The lowest BCUT2D eigenvalue weighted by molar-refractivity contribution is 0.588. The third-order valence-electron chi connectivity index (χ3n) is 1.95. The first-order chi connectivity index (χ1) is 6.29. The minimum absolute atomic E-state index is 0.401. The van der Waals surface area contributed by atoms with Crippen LogP contribution in [0.5, 0.6) is 0 Å². The van der Waals surface area contributed by atoms with Crippen LogP contribution in [-0.4, -0.2) is 0 Å². The van der Waals surface area contributed by atoms with Gasteiger partial charge < -0.3 is 15.9 Å². The highest BCUT2D eigenvalue weighted by Crippen LogP contribution is 2.30. The van der Waals surface area contributed by atoms with E-state index in [1.54, 1.807) is 12.3 Å². The molecule has 2 aromatic rings. The van der Waals surface area contributed by atoms with Crippen LogP contribution in [0.1, 0.15) is 0 Å². The summed E-state index contributed by atoms with van der Waals surface area (Å²) in [5.74, 6) is 0.401. The lowest BCUT2D eigenvalue weighted by atomic mass is 10.1. The Morgan fingerprint density at radius 1 is 0.923 bits per heavy atom. The van der Waals surface area contributed by atoms with Crippen LogP contribution >= 0.6 is 0 Å². The number of nitrogens with two attached hydrogens (primary N) is 2.